The summed E-state index contributed by atoms with van der Waals surface area (Å²) in [6.45, 7) is 9.52. The van der Waals surface area contributed by atoms with Gasteiger partial charge in [-0.2, -0.15) is 0 Å². The standard InChI is InChI=1S/C19H31N5O.HI/c1-2-20-19(22-10-5-15-25-16-17-7-8-17)24-13-11-23(12-14-24)18-6-3-4-9-21-18;/h3-4,6,9,17H,2,5,7-8,10-16H2,1H3,(H,20,22);1H. The van der Waals surface area contributed by atoms with Crippen molar-refractivity contribution < 1.29 is 4.74 Å². The number of anilines is 1. The second kappa shape index (κ2) is 11.6. The van der Waals surface area contributed by atoms with Crippen LogP contribution in [0.25, 0.3) is 0 Å². The van der Waals surface area contributed by atoms with Crippen LogP contribution in [-0.4, -0.2) is 68.3 Å². The van der Waals surface area contributed by atoms with Crippen LogP contribution in [0.5, 0.6) is 0 Å². The molecule has 26 heavy (non-hydrogen) atoms. The summed E-state index contributed by atoms with van der Waals surface area (Å²) in [6, 6.07) is 6.09. The minimum absolute atomic E-state index is 0. The van der Waals surface area contributed by atoms with E-state index in [1.165, 1.54) is 12.8 Å². The lowest BCUT2D eigenvalue weighted by Crippen LogP contribution is -2.52. The second-order valence-electron chi connectivity index (χ2n) is 6.77. The summed E-state index contributed by atoms with van der Waals surface area (Å²) in [5.41, 5.74) is 0. The highest BCUT2D eigenvalue weighted by atomic mass is 127. The average molecular weight is 473 g/mol. The first-order valence-electron chi connectivity index (χ1n) is 9.64. The van der Waals surface area contributed by atoms with Crippen LogP contribution < -0.4 is 10.2 Å². The van der Waals surface area contributed by atoms with Crippen LogP contribution in [0.3, 0.4) is 0 Å². The van der Waals surface area contributed by atoms with Gasteiger partial charge in [0.05, 0.1) is 0 Å². The van der Waals surface area contributed by atoms with E-state index in [2.05, 4.69) is 33.1 Å². The van der Waals surface area contributed by atoms with Crippen molar-refractivity contribution in [3.63, 3.8) is 0 Å². The molecule has 7 heteroatoms. The highest BCUT2D eigenvalue weighted by molar-refractivity contribution is 14.0. The smallest absolute Gasteiger partial charge is 0.194 e. The van der Waals surface area contributed by atoms with Gasteiger partial charge < -0.3 is 19.9 Å². The summed E-state index contributed by atoms with van der Waals surface area (Å²) >= 11 is 0. The number of halogens is 1. The van der Waals surface area contributed by atoms with E-state index in [0.29, 0.717) is 0 Å². The third-order valence-electron chi connectivity index (χ3n) is 4.65. The lowest BCUT2D eigenvalue weighted by molar-refractivity contribution is 0.123. The normalized spacial score (nSPS) is 17.8. The molecule has 6 nitrogen and oxygen atoms in total. The molecule has 0 atom stereocenters. The van der Waals surface area contributed by atoms with Gasteiger partial charge in [0.25, 0.3) is 0 Å². The van der Waals surface area contributed by atoms with E-state index in [-0.39, 0.29) is 24.0 Å². The molecule has 0 bridgehead atoms. The zero-order chi connectivity index (χ0) is 17.3. The summed E-state index contributed by atoms with van der Waals surface area (Å²) < 4.78 is 5.69. The van der Waals surface area contributed by atoms with E-state index < -0.39 is 0 Å². The fourth-order valence-electron chi connectivity index (χ4n) is 3.00. The van der Waals surface area contributed by atoms with Crippen LogP contribution >= 0.6 is 24.0 Å². The molecule has 1 saturated carbocycles. The van der Waals surface area contributed by atoms with Crippen molar-refractivity contribution in [1.29, 1.82) is 0 Å². The predicted octanol–water partition coefficient (Wildman–Crippen LogP) is 2.60. The Morgan fingerprint density at radius 3 is 2.73 bits per heavy atom. The van der Waals surface area contributed by atoms with Crippen LogP contribution in [0.4, 0.5) is 5.82 Å². The van der Waals surface area contributed by atoms with Crippen molar-refractivity contribution in [1.82, 2.24) is 15.2 Å². The Kier molecular flexibility index (Phi) is 9.45. The van der Waals surface area contributed by atoms with Gasteiger partial charge in [-0.15, -0.1) is 24.0 Å². The molecule has 2 aliphatic rings. The fourth-order valence-corrected chi connectivity index (χ4v) is 3.00. The summed E-state index contributed by atoms with van der Waals surface area (Å²) in [5.74, 6) is 2.94. The summed E-state index contributed by atoms with van der Waals surface area (Å²) in [7, 11) is 0. The Bertz CT molecular complexity index is 530. The first-order chi connectivity index (χ1) is 12.4. The molecule has 2 heterocycles. The summed E-state index contributed by atoms with van der Waals surface area (Å²) in [6.07, 6.45) is 5.56. The lowest BCUT2D eigenvalue weighted by Gasteiger charge is -2.37. The number of hydrogen-bond donors (Lipinski definition) is 1. The molecule has 0 spiro atoms. The van der Waals surface area contributed by atoms with Crippen LogP contribution in [0.15, 0.2) is 29.4 Å². The number of ether oxygens (including phenoxy) is 1. The quantitative estimate of drug-likeness (QED) is 0.272. The molecule has 1 aromatic heterocycles. The van der Waals surface area contributed by atoms with Crippen molar-refractivity contribution in [3.05, 3.63) is 24.4 Å². The third-order valence-corrected chi connectivity index (χ3v) is 4.65. The zero-order valence-corrected chi connectivity index (χ0v) is 18.1. The molecular formula is C19H32IN5O. The highest BCUT2D eigenvalue weighted by Gasteiger charge is 2.21. The number of guanidine groups is 1. The van der Waals surface area contributed by atoms with Gasteiger partial charge in [-0.1, -0.05) is 6.07 Å². The number of rotatable bonds is 8. The molecular weight excluding hydrogens is 441 g/mol. The van der Waals surface area contributed by atoms with E-state index in [0.717, 1.165) is 76.6 Å². The minimum Gasteiger partial charge on any atom is -0.381 e. The Balaban J connectivity index is 0.00000243. The van der Waals surface area contributed by atoms with E-state index in [4.69, 9.17) is 9.73 Å². The minimum atomic E-state index is 0. The number of aliphatic imine (C=N–C) groups is 1. The van der Waals surface area contributed by atoms with Crippen LogP contribution in [0.2, 0.25) is 0 Å². The van der Waals surface area contributed by atoms with E-state index >= 15 is 0 Å². The van der Waals surface area contributed by atoms with Gasteiger partial charge in [0, 0.05) is 58.7 Å². The molecule has 0 radical (unpaired) electrons. The maximum atomic E-state index is 5.69. The summed E-state index contributed by atoms with van der Waals surface area (Å²) in [4.78, 5) is 13.9. The maximum Gasteiger partial charge on any atom is 0.194 e. The van der Waals surface area contributed by atoms with Crippen molar-refractivity contribution in [2.45, 2.75) is 26.2 Å². The first-order valence-corrected chi connectivity index (χ1v) is 9.64. The second-order valence-corrected chi connectivity index (χ2v) is 6.77. The van der Waals surface area contributed by atoms with Gasteiger partial charge in [0.15, 0.2) is 5.96 Å². The van der Waals surface area contributed by atoms with E-state index in [1.807, 2.05) is 18.3 Å². The predicted molar refractivity (Wildman–Crippen MR) is 118 cm³/mol. The molecule has 2 fully saturated rings. The summed E-state index contributed by atoms with van der Waals surface area (Å²) in [5, 5.41) is 3.43. The van der Waals surface area contributed by atoms with Crippen LogP contribution in [0, 0.1) is 5.92 Å². The van der Waals surface area contributed by atoms with Gasteiger partial charge in [0.1, 0.15) is 5.82 Å². The molecule has 0 amide bonds. The highest BCUT2D eigenvalue weighted by Crippen LogP contribution is 2.28. The largest absolute Gasteiger partial charge is 0.381 e. The molecule has 1 N–H and O–H groups in total. The lowest BCUT2D eigenvalue weighted by atomic mass is 10.3. The van der Waals surface area contributed by atoms with E-state index in [1.54, 1.807) is 0 Å². The molecule has 0 unspecified atom stereocenters. The molecule has 3 rings (SSSR count). The van der Waals surface area contributed by atoms with Crippen molar-refractivity contribution >= 4 is 35.8 Å². The average Bonchev–Trinajstić information content (AvgIpc) is 3.49. The SMILES string of the molecule is CCNC(=NCCCOCC1CC1)N1CCN(c2ccccn2)CC1.I. The number of pyridine rings is 1. The molecule has 0 aromatic carbocycles. The third kappa shape index (κ3) is 6.90. The van der Waals surface area contributed by atoms with Gasteiger partial charge in [-0.25, -0.2) is 4.98 Å². The number of hydrogen-bond acceptors (Lipinski definition) is 4. The number of piperazine rings is 1. The molecule has 1 aliphatic carbocycles. The topological polar surface area (TPSA) is 53.0 Å². The van der Waals surface area contributed by atoms with Gasteiger partial charge in [-0.3, -0.25) is 4.99 Å². The molecule has 1 aliphatic heterocycles. The molecule has 1 aromatic rings. The van der Waals surface area contributed by atoms with Crippen molar-refractivity contribution in [3.8, 4) is 0 Å². The Labute approximate surface area is 174 Å². The first kappa shape index (κ1) is 21.2. The Hall–Kier alpha value is -1.09. The van der Waals surface area contributed by atoms with Crippen LogP contribution in [-0.2, 0) is 4.74 Å². The maximum absolute atomic E-state index is 5.69. The van der Waals surface area contributed by atoms with Crippen molar-refractivity contribution in [2.75, 3.05) is 57.4 Å². The van der Waals surface area contributed by atoms with Gasteiger partial charge in [0.2, 0.25) is 0 Å². The Morgan fingerprint density at radius 1 is 1.27 bits per heavy atom. The monoisotopic (exact) mass is 473 g/mol. The van der Waals surface area contributed by atoms with Crippen LogP contribution in [0.1, 0.15) is 26.2 Å². The van der Waals surface area contributed by atoms with Gasteiger partial charge >= 0.3 is 0 Å². The van der Waals surface area contributed by atoms with Crippen molar-refractivity contribution in [2.24, 2.45) is 10.9 Å². The fraction of sp³-hybridized carbons (Fsp3) is 0.684. The Morgan fingerprint density at radius 2 is 2.08 bits per heavy atom. The molecule has 1 saturated heterocycles. The van der Waals surface area contributed by atoms with E-state index in [9.17, 15) is 0 Å². The zero-order valence-electron chi connectivity index (χ0n) is 15.8. The number of nitrogens with one attached hydrogen (secondary N) is 1. The van der Waals surface area contributed by atoms with Gasteiger partial charge in [-0.05, 0) is 44.2 Å². The molecule has 146 valence electrons. The number of aromatic nitrogens is 1. The number of nitrogens with zero attached hydrogens (tertiary/aromatic N) is 4.